The van der Waals surface area contributed by atoms with Crippen molar-refractivity contribution in [3.8, 4) is 0 Å². The van der Waals surface area contributed by atoms with Gasteiger partial charge in [-0.3, -0.25) is 4.79 Å². The van der Waals surface area contributed by atoms with Crippen molar-refractivity contribution in [1.82, 2.24) is 0 Å². The quantitative estimate of drug-likeness (QED) is 0.521. The van der Waals surface area contributed by atoms with Crippen LogP contribution in [0.1, 0.15) is 19.4 Å². The molecule has 0 heterocycles. The van der Waals surface area contributed by atoms with Crippen LogP contribution in [0.25, 0.3) is 0 Å². The molecule has 0 aliphatic rings. The number of carboxylic acid groups (broad SMARTS) is 1. The summed E-state index contributed by atoms with van der Waals surface area (Å²) in [5, 5.41) is 19.3. The van der Waals surface area contributed by atoms with E-state index in [1.54, 1.807) is 0 Å². The van der Waals surface area contributed by atoms with Crippen LogP contribution in [0, 0.1) is 5.92 Å². The van der Waals surface area contributed by atoms with Gasteiger partial charge in [0.05, 0.1) is 0 Å². The van der Waals surface area contributed by atoms with E-state index in [0.29, 0.717) is 0 Å². The first-order valence-corrected chi connectivity index (χ1v) is 6.75. The topological polar surface area (TPSA) is 127 Å². The summed E-state index contributed by atoms with van der Waals surface area (Å²) in [6.07, 6.45) is -1.38. The Hall–Kier alpha value is -1.76. The average molecular weight is 294 g/mol. The first-order valence-electron chi connectivity index (χ1n) is 6.75. The zero-order chi connectivity index (χ0) is 16.2. The molecule has 0 bridgehead atoms. The maximum absolute atomic E-state index is 12.2. The Kier molecular flexibility index (Phi) is 5.60. The molecule has 0 aliphatic heterocycles. The van der Waals surface area contributed by atoms with E-state index in [0.717, 1.165) is 5.56 Å². The predicted octanol–water partition coefficient (Wildman–Crippen LogP) is -0.0755. The van der Waals surface area contributed by atoms with Crippen LogP contribution >= 0.6 is 0 Å². The summed E-state index contributed by atoms with van der Waals surface area (Å²) in [5.74, 6) is -3.09. The molecular weight excluding hydrogens is 272 g/mol. The van der Waals surface area contributed by atoms with Crippen molar-refractivity contribution >= 4 is 11.8 Å². The predicted molar refractivity (Wildman–Crippen MR) is 78.5 cm³/mol. The van der Waals surface area contributed by atoms with E-state index < -0.39 is 35.4 Å². The first kappa shape index (κ1) is 17.3. The maximum atomic E-state index is 12.2. The second-order valence-electron chi connectivity index (χ2n) is 5.49. The number of carboxylic acids is 1. The molecule has 1 aromatic rings. The van der Waals surface area contributed by atoms with Crippen molar-refractivity contribution in [2.75, 3.05) is 0 Å². The van der Waals surface area contributed by atoms with E-state index in [1.165, 1.54) is 13.8 Å². The van der Waals surface area contributed by atoms with Crippen molar-refractivity contribution in [2.24, 2.45) is 17.4 Å². The fraction of sp³-hybridized carbons (Fsp3) is 0.467. The van der Waals surface area contributed by atoms with Gasteiger partial charge < -0.3 is 21.7 Å². The number of aliphatic hydroxyl groups excluding tert-OH is 1. The van der Waals surface area contributed by atoms with Crippen LogP contribution in [0.4, 0.5) is 0 Å². The molecule has 21 heavy (non-hydrogen) atoms. The highest BCUT2D eigenvalue weighted by Gasteiger charge is 2.48. The Balaban J connectivity index is 2.88. The fourth-order valence-corrected chi connectivity index (χ4v) is 2.07. The van der Waals surface area contributed by atoms with Crippen LogP contribution in [-0.4, -0.2) is 39.7 Å². The molecule has 0 saturated heterocycles. The number of carbonyl (C=O) groups excluding carboxylic acids is 1. The van der Waals surface area contributed by atoms with Gasteiger partial charge in [-0.05, 0) is 17.9 Å². The molecule has 0 radical (unpaired) electrons. The fourth-order valence-electron chi connectivity index (χ4n) is 2.07. The number of benzene rings is 1. The van der Waals surface area contributed by atoms with Gasteiger partial charge in [-0.25, -0.2) is 4.79 Å². The number of hydrogen-bond acceptors (Lipinski definition) is 5. The molecule has 1 aromatic carbocycles. The molecule has 1 rings (SSSR count). The van der Waals surface area contributed by atoms with Gasteiger partial charge in [0.25, 0.3) is 0 Å². The largest absolute Gasteiger partial charge is 0.480 e. The number of ketones is 1. The molecule has 0 aliphatic carbocycles. The van der Waals surface area contributed by atoms with Crippen LogP contribution in [0.5, 0.6) is 0 Å². The lowest BCUT2D eigenvalue weighted by molar-refractivity contribution is -0.154. The Morgan fingerprint density at radius 2 is 1.76 bits per heavy atom. The summed E-state index contributed by atoms with van der Waals surface area (Å²) in [4.78, 5) is 23.5. The summed E-state index contributed by atoms with van der Waals surface area (Å²) in [6, 6.07) is 8.17. The lowest BCUT2D eigenvalue weighted by atomic mass is 9.79. The molecule has 0 aromatic heterocycles. The van der Waals surface area contributed by atoms with Gasteiger partial charge in [-0.1, -0.05) is 44.2 Å². The Labute approximate surface area is 123 Å². The van der Waals surface area contributed by atoms with Gasteiger partial charge in [0.15, 0.2) is 11.3 Å². The molecule has 0 spiro atoms. The third kappa shape index (κ3) is 3.66. The zero-order valence-corrected chi connectivity index (χ0v) is 12.2. The van der Waals surface area contributed by atoms with Gasteiger partial charge in [-0.2, -0.15) is 0 Å². The monoisotopic (exact) mass is 294 g/mol. The van der Waals surface area contributed by atoms with Crippen molar-refractivity contribution in [2.45, 2.75) is 38.0 Å². The van der Waals surface area contributed by atoms with E-state index in [-0.39, 0.29) is 6.42 Å². The van der Waals surface area contributed by atoms with Crippen molar-refractivity contribution in [3.05, 3.63) is 35.9 Å². The smallest absolute Gasteiger partial charge is 0.331 e. The third-order valence-corrected chi connectivity index (χ3v) is 3.66. The molecule has 3 atom stereocenters. The highest BCUT2D eigenvalue weighted by Crippen LogP contribution is 2.19. The summed E-state index contributed by atoms with van der Waals surface area (Å²) in [6.45, 7) is 3.03. The number of aliphatic carboxylic acids is 1. The minimum absolute atomic E-state index is 0.252. The second kappa shape index (κ2) is 6.80. The second-order valence-corrected chi connectivity index (χ2v) is 5.49. The molecule has 6 heteroatoms. The zero-order valence-electron chi connectivity index (χ0n) is 12.2. The van der Waals surface area contributed by atoms with E-state index in [9.17, 15) is 19.8 Å². The van der Waals surface area contributed by atoms with E-state index in [1.807, 2.05) is 30.3 Å². The molecule has 0 saturated carbocycles. The molecule has 2 unspecified atom stereocenters. The van der Waals surface area contributed by atoms with Gasteiger partial charge in [-0.15, -0.1) is 0 Å². The summed E-state index contributed by atoms with van der Waals surface area (Å²) in [7, 11) is 0. The van der Waals surface area contributed by atoms with E-state index in [2.05, 4.69) is 0 Å². The average Bonchev–Trinajstić information content (AvgIpc) is 2.45. The van der Waals surface area contributed by atoms with Gasteiger partial charge in [0.1, 0.15) is 6.10 Å². The number of rotatable bonds is 7. The summed E-state index contributed by atoms with van der Waals surface area (Å²) >= 11 is 0. The van der Waals surface area contributed by atoms with Gasteiger partial charge in [0, 0.05) is 6.04 Å². The number of carbonyl (C=O) groups is 2. The molecule has 0 fully saturated rings. The van der Waals surface area contributed by atoms with E-state index in [4.69, 9.17) is 11.5 Å². The molecule has 6 N–H and O–H groups in total. The van der Waals surface area contributed by atoms with Crippen LogP contribution < -0.4 is 11.5 Å². The lowest BCUT2D eigenvalue weighted by Gasteiger charge is -2.31. The molecule has 116 valence electrons. The van der Waals surface area contributed by atoms with Crippen LogP contribution in [-0.2, 0) is 16.0 Å². The molecule has 6 nitrogen and oxygen atoms in total. The minimum Gasteiger partial charge on any atom is -0.480 e. The number of Topliss-reactive ketones (excluding diaryl/α,β-unsaturated/α-hetero) is 1. The highest BCUT2D eigenvalue weighted by atomic mass is 16.4. The molecular formula is C15H22N2O4. The van der Waals surface area contributed by atoms with Crippen LogP contribution in [0.3, 0.4) is 0 Å². The normalized spacial score (nSPS) is 17.0. The van der Waals surface area contributed by atoms with Gasteiger partial charge >= 0.3 is 5.97 Å². The number of nitrogens with two attached hydrogens (primary N) is 2. The third-order valence-electron chi connectivity index (χ3n) is 3.66. The lowest BCUT2D eigenvalue weighted by Crippen LogP contribution is -2.64. The van der Waals surface area contributed by atoms with Crippen molar-refractivity contribution in [1.29, 1.82) is 0 Å². The number of hydrogen-bond donors (Lipinski definition) is 4. The minimum atomic E-state index is -2.15. The van der Waals surface area contributed by atoms with Gasteiger partial charge in [0.2, 0.25) is 0 Å². The summed E-state index contributed by atoms with van der Waals surface area (Å²) < 4.78 is 0. The molecule has 0 amide bonds. The Morgan fingerprint density at radius 1 is 1.24 bits per heavy atom. The van der Waals surface area contributed by atoms with E-state index >= 15 is 0 Å². The summed E-state index contributed by atoms with van der Waals surface area (Å²) in [5.41, 5.74) is 10.2. The van der Waals surface area contributed by atoms with Crippen LogP contribution in [0.15, 0.2) is 30.3 Å². The highest BCUT2D eigenvalue weighted by molar-refractivity contribution is 6.10. The van der Waals surface area contributed by atoms with Crippen molar-refractivity contribution < 1.29 is 19.8 Å². The SMILES string of the molecule is CC(C)[C@](N)(C(=O)O)C(=O)C(O)C(N)Cc1ccccc1. The standard InChI is InChI=1S/C15H22N2O4/c1-9(2)15(17,14(20)21)13(19)12(18)11(16)8-10-6-4-3-5-7-10/h3-7,9,11-12,18H,8,16-17H2,1-2H3,(H,20,21)/t11?,12?,15-/m1/s1. The van der Waals surface area contributed by atoms with Crippen molar-refractivity contribution in [3.63, 3.8) is 0 Å². The first-order chi connectivity index (χ1) is 9.71. The Bertz CT molecular complexity index is 504. The maximum Gasteiger partial charge on any atom is 0.331 e. The van der Waals surface area contributed by atoms with Crippen LogP contribution in [0.2, 0.25) is 0 Å². The Morgan fingerprint density at radius 3 is 2.19 bits per heavy atom. The number of aliphatic hydroxyl groups is 1.